The number of rotatable bonds is 4. The van der Waals surface area contributed by atoms with E-state index in [4.69, 9.17) is 10.4 Å². The molecule has 0 spiro atoms. The van der Waals surface area contributed by atoms with Crippen LogP contribution < -0.4 is 0 Å². The summed E-state index contributed by atoms with van der Waals surface area (Å²) in [6, 6.07) is 8.54. The molecule has 1 aliphatic carbocycles. The van der Waals surface area contributed by atoms with Gasteiger partial charge in [-0.2, -0.15) is 30.6 Å². The van der Waals surface area contributed by atoms with Crippen molar-refractivity contribution in [3.8, 4) is 34.7 Å². The molecule has 0 unspecified atom stereocenters. The molecular weight excluding hydrogens is 366 g/mol. The lowest BCUT2D eigenvalue weighted by Crippen LogP contribution is -2.47. The smallest absolute Gasteiger partial charge is 0.137 e. The summed E-state index contributed by atoms with van der Waals surface area (Å²) in [6.07, 6.45) is 10.6. The monoisotopic (exact) mass is 383 g/mol. The molecule has 0 bridgehead atoms. The molecule has 9 heteroatoms. The van der Waals surface area contributed by atoms with Crippen molar-refractivity contribution in [2.45, 2.75) is 24.8 Å². The number of pyridine rings is 1. The zero-order valence-corrected chi connectivity index (χ0v) is 15.8. The van der Waals surface area contributed by atoms with Gasteiger partial charge >= 0.3 is 0 Å². The first-order valence-corrected chi connectivity index (χ1v) is 9.28. The van der Waals surface area contributed by atoms with Gasteiger partial charge in [0.25, 0.3) is 0 Å². The molecule has 0 saturated heterocycles. The van der Waals surface area contributed by atoms with Crippen molar-refractivity contribution in [1.29, 1.82) is 10.5 Å². The molecule has 0 radical (unpaired) electrons. The van der Waals surface area contributed by atoms with E-state index in [0.717, 1.165) is 22.5 Å². The van der Waals surface area contributed by atoms with E-state index in [1.165, 1.54) is 0 Å². The average Bonchev–Trinajstić information content (AvgIpc) is 3.43. The first kappa shape index (κ1) is 17.1. The Morgan fingerprint density at radius 1 is 1.17 bits per heavy atom. The molecule has 9 nitrogen and oxygen atoms in total. The van der Waals surface area contributed by atoms with E-state index in [1.807, 2.05) is 42.2 Å². The zero-order chi connectivity index (χ0) is 20.0. The van der Waals surface area contributed by atoms with Gasteiger partial charge in [0.15, 0.2) is 0 Å². The van der Waals surface area contributed by atoms with E-state index >= 15 is 0 Å². The summed E-state index contributed by atoms with van der Waals surface area (Å²) in [5.74, 6) is -0.0490. The summed E-state index contributed by atoms with van der Waals surface area (Å²) >= 11 is 0. The maximum Gasteiger partial charge on any atom is 0.137 e. The van der Waals surface area contributed by atoms with Gasteiger partial charge < -0.3 is 0 Å². The van der Waals surface area contributed by atoms with Crippen LogP contribution in [0.3, 0.4) is 0 Å². The Hall–Kier alpha value is -3.98. The third-order valence-corrected chi connectivity index (χ3v) is 5.57. The maximum absolute atomic E-state index is 9.27. The number of nitrogens with zero attached hydrogens (tertiary/aromatic N) is 9. The third-order valence-electron chi connectivity index (χ3n) is 5.57. The van der Waals surface area contributed by atoms with Gasteiger partial charge in [-0.1, -0.05) is 0 Å². The molecule has 0 amide bonds. The molecule has 1 saturated carbocycles. The maximum atomic E-state index is 9.27. The molecule has 29 heavy (non-hydrogen) atoms. The molecule has 4 heterocycles. The van der Waals surface area contributed by atoms with Gasteiger partial charge in [0, 0.05) is 31.2 Å². The Balaban J connectivity index is 1.59. The molecule has 0 aliphatic heterocycles. The minimum atomic E-state index is -0.498. The average molecular weight is 383 g/mol. The van der Waals surface area contributed by atoms with Crippen molar-refractivity contribution < 1.29 is 0 Å². The standard InChI is InChI=1S/C20H17N9/c1-27-13-16(11-24-27)15-6-18(28-5-4-23-19(28)7-15)17-12-25-29(26-17)20(2-3-21)8-14(9-20)10-22/h4-7,11-14H,2,8-9H2,1H3. The summed E-state index contributed by atoms with van der Waals surface area (Å²) in [5.41, 5.74) is 3.83. The highest BCUT2D eigenvalue weighted by molar-refractivity contribution is 5.73. The van der Waals surface area contributed by atoms with Gasteiger partial charge in [-0.05, 0) is 30.5 Å². The predicted octanol–water partition coefficient (Wildman–Crippen LogP) is 2.54. The topological polar surface area (TPSA) is 113 Å². The van der Waals surface area contributed by atoms with Crippen LogP contribution in [-0.2, 0) is 12.6 Å². The fourth-order valence-electron chi connectivity index (χ4n) is 4.04. The highest BCUT2D eigenvalue weighted by atomic mass is 15.5. The van der Waals surface area contributed by atoms with Crippen LogP contribution in [-0.4, -0.2) is 34.2 Å². The van der Waals surface area contributed by atoms with E-state index in [-0.39, 0.29) is 12.3 Å². The van der Waals surface area contributed by atoms with Crippen molar-refractivity contribution in [2.24, 2.45) is 13.0 Å². The number of nitriles is 2. The van der Waals surface area contributed by atoms with Crippen LogP contribution >= 0.6 is 0 Å². The predicted molar refractivity (Wildman–Crippen MR) is 103 cm³/mol. The van der Waals surface area contributed by atoms with Crippen molar-refractivity contribution in [2.75, 3.05) is 0 Å². The van der Waals surface area contributed by atoms with Crippen LogP contribution in [0.5, 0.6) is 0 Å². The number of aromatic nitrogens is 7. The van der Waals surface area contributed by atoms with Crippen molar-refractivity contribution in [3.63, 3.8) is 0 Å². The lowest BCUT2D eigenvalue weighted by atomic mass is 9.68. The molecule has 4 aromatic rings. The van der Waals surface area contributed by atoms with Gasteiger partial charge in [0.05, 0.1) is 48.1 Å². The fourth-order valence-corrected chi connectivity index (χ4v) is 4.04. The van der Waals surface area contributed by atoms with E-state index in [9.17, 15) is 5.26 Å². The molecule has 1 aliphatic rings. The highest BCUT2D eigenvalue weighted by Gasteiger charge is 2.48. The lowest BCUT2D eigenvalue weighted by Gasteiger charge is -2.42. The molecule has 142 valence electrons. The molecular formula is C20H17N9. The van der Waals surface area contributed by atoms with Crippen molar-refractivity contribution >= 4 is 5.65 Å². The summed E-state index contributed by atoms with van der Waals surface area (Å²) < 4.78 is 3.72. The summed E-state index contributed by atoms with van der Waals surface area (Å²) in [4.78, 5) is 6.06. The van der Waals surface area contributed by atoms with Gasteiger partial charge in [0.2, 0.25) is 0 Å². The van der Waals surface area contributed by atoms with E-state index < -0.39 is 5.54 Å². The van der Waals surface area contributed by atoms with Crippen LogP contribution in [0.25, 0.3) is 28.2 Å². The Bertz CT molecular complexity index is 1290. The van der Waals surface area contributed by atoms with E-state index in [2.05, 4.69) is 27.3 Å². The minimum absolute atomic E-state index is 0.0490. The third kappa shape index (κ3) is 2.67. The number of hydrogen-bond donors (Lipinski definition) is 0. The second-order valence-electron chi connectivity index (χ2n) is 7.50. The second kappa shape index (κ2) is 6.28. The van der Waals surface area contributed by atoms with Crippen LogP contribution in [0, 0.1) is 28.6 Å². The number of aryl methyl sites for hydroxylation is 1. The highest BCUT2D eigenvalue weighted by Crippen LogP contribution is 2.45. The van der Waals surface area contributed by atoms with Gasteiger partial charge in [-0.25, -0.2) is 4.98 Å². The number of hydrogen-bond acceptors (Lipinski definition) is 6. The SMILES string of the molecule is Cn1cc(-c2cc(-c3cnn(C4(CC#N)CC(C#N)C4)n3)n3ccnc3c2)cn1. The number of imidazole rings is 1. The first-order chi connectivity index (χ1) is 14.1. The largest absolute Gasteiger partial charge is 0.298 e. The van der Waals surface area contributed by atoms with Crippen molar-refractivity contribution in [3.05, 3.63) is 43.1 Å². The van der Waals surface area contributed by atoms with Gasteiger partial charge in [-0.15, -0.1) is 0 Å². The second-order valence-corrected chi connectivity index (χ2v) is 7.50. The van der Waals surface area contributed by atoms with E-state index in [0.29, 0.717) is 18.5 Å². The zero-order valence-electron chi connectivity index (χ0n) is 15.8. The first-order valence-electron chi connectivity index (χ1n) is 9.28. The van der Waals surface area contributed by atoms with Crippen LogP contribution in [0.2, 0.25) is 0 Å². The lowest BCUT2D eigenvalue weighted by molar-refractivity contribution is 0.0713. The summed E-state index contributed by atoms with van der Waals surface area (Å²) in [7, 11) is 1.88. The Labute approximate surface area is 166 Å². The van der Waals surface area contributed by atoms with Crippen LogP contribution in [0.15, 0.2) is 43.1 Å². The molecule has 0 N–H and O–H groups in total. The molecule has 0 atom stereocenters. The Morgan fingerprint density at radius 3 is 2.76 bits per heavy atom. The molecule has 4 aromatic heterocycles. The summed E-state index contributed by atoms with van der Waals surface area (Å²) in [6.45, 7) is 0. The minimum Gasteiger partial charge on any atom is -0.298 e. The van der Waals surface area contributed by atoms with Gasteiger partial charge in [0.1, 0.15) is 11.3 Å². The molecule has 5 rings (SSSR count). The summed E-state index contributed by atoms with van der Waals surface area (Å²) in [5, 5.41) is 31.8. The Morgan fingerprint density at radius 2 is 2.03 bits per heavy atom. The normalized spacial score (nSPS) is 20.9. The Kier molecular flexibility index (Phi) is 3.71. The fraction of sp³-hybridized carbons (Fsp3) is 0.300. The van der Waals surface area contributed by atoms with Crippen LogP contribution in [0.4, 0.5) is 0 Å². The quantitative estimate of drug-likeness (QED) is 0.535. The van der Waals surface area contributed by atoms with E-state index in [1.54, 1.807) is 21.9 Å². The van der Waals surface area contributed by atoms with Gasteiger partial charge in [-0.3, -0.25) is 9.08 Å². The number of fused-ring (bicyclic) bond motifs is 1. The van der Waals surface area contributed by atoms with Crippen LogP contribution in [0.1, 0.15) is 19.3 Å². The molecule has 1 fully saturated rings. The van der Waals surface area contributed by atoms with Crippen molar-refractivity contribution in [1.82, 2.24) is 34.2 Å². The molecule has 0 aromatic carbocycles.